The van der Waals surface area contributed by atoms with E-state index in [0.717, 1.165) is 63.5 Å². The molecule has 1 aromatic rings. The minimum absolute atomic E-state index is 0.0455. The molecular weight excluding hydrogens is 316 g/mol. The molecule has 1 amide bonds. The Morgan fingerprint density at radius 2 is 2.00 bits per heavy atom. The molecule has 3 aliphatic rings. The summed E-state index contributed by atoms with van der Waals surface area (Å²) >= 11 is 0. The average Bonchev–Trinajstić information content (AvgIpc) is 3.12. The number of ether oxygens (including phenoxy) is 2. The summed E-state index contributed by atoms with van der Waals surface area (Å²) in [6.07, 6.45) is 1.92. The second-order valence-corrected chi connectivity index (χ2v) is 7.45. The van der Waals surface area contributed by atoms with E-state index in [-0.39, 0.29) is 11.8 Å². The fraction of sp³-hybridized carbons (Fsp3) is 0.650. The van der Waals surface area contributed by atoms with Crippen LogP contribution in [0.1, 0.15) is 18.9 Å². The quantitative estimate of drug-likeness (QED) is 0.839. The second kappa shape index (κ2) is 7.34. The van der Waals surface area contributed by atoms with Crippen molar-refractivity contribution in [2.45, 2.75) is 25.8 Å². The first kappa shape index (κ1) is 16.9. The van der Waals surface area contributed by atoms with Crippen molar-refractivity contribution in [3.63, 3.8) is 0 Å². The Bertz CT molecular complexity index is 615. The van der Waals surface area contributed by atoms with Crippen LogP contribution in [-0.4, -0.2) is 67.7 Å². The van der Waals surface area contributed by atoms with E-state index in [1.807, 2.05) is 18.2 Å². The SMILES string of the molecule is CC[C@@H]1CN(C(=O)[C@H]2COc3ccccc3C2)C[C@H]1N1CCOCC1. The molecule has 2 saturated heterocycles. The maximum atomic E-state index is 13.1. The Morgan fingerprint density at radius 3 is 2.80 bits per heavy atom. The summed E-state index contributed by atoms with van der Waals surface area (Å²) in [6, 6.07) is 8.55. The van der Waals surface area contributed by atoms with Gasteiger partial charge in [0.05, 0.1) is 19.1 Å². The van der Waals surface area contributed by atoms with Crippen LogP contribution in [0.2, 0.25) is 0 Å². The molecule has 136 valence electrons. The lowest BCUT2D eigenvalue weighted by atomic mass is 9.95. The lowest BCUT2D eigenvalue weighted by Gasteiger charge is -2.34. The summed E-state index contributed by atoms with van der Waals surface area (Å²) < 4.78 is 11.3. The molecule has 0 N–H and O–H groups in total. The predicted molar refractivity (Wildman–Crippen MR) is 95.7 cm³/mol. The number of benzene rings is 1. The van der Waals surface area contributed by atoms with Gasteiger partial charge in [-0.05, 0) is 24.0 Å². The van der Waals surface area contributed by atoms with E-state index in [1.54, 1.807) is 0 Å². The van der Waals surface area contributed by atoms with Crippen molar-refractivity contribution in [1.29, 1.82) is 0 Å². The van der Waals surface area contributed by atoms with Crippen molar-refractivity contribution < 1.29 is 14.3 Å². The van der Waals surface area contributed by atoms with Crippen LogP contribution in [0.5, 0.6) is 5.75 Å². The molecular formula is C20H28N2O3. The molecule has 0 aromatic heterocycles. The van der Waals surface area contributed by atoms with Crippen molar-refractivity contribution in [1.82, 2.24) is 9.80 Å². The molecule has 3 aliphatic heterocycles. The highest BCUT2D eigenvalue weighted by atomic mass is 16.5. The molecule has 4 rings (SSSR count). The number of hydrogen-bond acceptors (Lipinski definition) is 4. The number of likely N-dealkylation sites (tertiary alicyclic amines) is 1. The number of carbonyl (C=O) groups excluding carboxylic acids is 1. The first-order valence-corrected chi connectivity index (χ1v) is 9.57. The molecule has 0 radical (unpaired) electrons. The maximum Gasteiger partial charge on any atom is 0.229 e. The van der Waals surface area contributed by atoms with Crippen LogP contribution in [-0.2, 0) is 16.0 Å². The molecule has 0 unspecified atom stereocenters. The van der Waals surface area contributed by atoms with Gasteiger partial charge in [-0.2, -0.15) is 0 Å². The van der Waals surface area contributed by atoms with Gasteiger partial charge >= 0.3 is 0 Å². The van der Waals surface area contributed by atoms with Gasteiger partial charge in [0.15, 0.2) is 0 Å². The zero-order valence-corrected chi connectivity index (χ0v) is 15.0. The topological polar surface area (TPSA) is 42.0 Å². The van der Waals surface area contributed by atoms with E-state index in [1.165, 1.54) is 0 Å². The van der Waals surface area contributed by atoms with E-state index < -0.39 is 0 Å². The monoisotopic (exact) mass is 344 g/mol. The van der Waals surface area contributed by atoms with Crippen LogP contribution >= 0.6 is 0 Å². The number of carbonyl (C=O) groups is 1. The fourth-order valence-electron chi connectivity index (χ4n) is 4.50. The molecule has 2 fully saturated rings. The highest BCUT2D eigenvalue weighted by Crippen LogP contribution is 2.31. The number of nitrogens with zero attached hydrogens (tertiary/aromatic N) is 2. The number of hydrogen-bond donors (Lipinski definition) is 0. The first-order chi connectivity index (χ1) is 12.3. The van der Waals surface area contributed by atoms with Crippen LogP contribution in [0.25, 0.3) is 0 Å². The number of fused-ring (bicyclic) bond motifs is 1. The Labute approximate surface area is 149 Å². The van der Waals surface area contributed by atoms with Gasteiger partial charge in [-0.25, -0.2) is 0 Å². The summed E-state index contributed by atoms with van der Waals surface area (Å²) in [5, 5.41) is 0. The molecule has 5 nitrogen and oxygen atoms in total. The Hall–Kier alpha value is -1.59. The summed E-state index contributed by atoms with van der Waals surface area (Å²) in [6.45, 7) is 8.09. The summed E-state index contributed by atoms with van der Waals surface area (Å²) in [5.74, 6) is 1.73. The van der Waals surface area contributed by atoms with Crippen LogP contribution in [0, 0.1) is 11.8 Å². The fourth-order valence-corrected chi connectivity index (χ4v) is 4.50. The molecule has 0 saturated carbocycles. The predicted octanol–water partition coefficient (Wildman–Crippen LogP) is 1.81. The van der Waals surface area contributed by atoms with Gasteiger partial charge in [0, 0.05) is 32.2 Å². The lowest BCUT2D eigenvalue weighted by molar-refractivity contribution is -0.136. The molecule has 3 heterocycles. The van der Waals surface area contributed by atoms with E-state index in [0.29, 0.717) is 18.6 Å². The third-order valence-corrected chi connectivity index (χ3v) is 5.99. The first-order valence-electron chi connectivity index (χ1n) is 9.57. The van der Waals surface area contributed by atoms with Crippen LogP contribution in [0.15, 0.2) is 24.3 Å². The normalized spacial score (nSPS) is 30.0. The number of amides is 1. The number of morpholine rings is 1. The lowest BCUT2D eigenvalue weighted by Crippen LogP contribution is -2.48. The Balaban J connectivity index is 1.42. The summed E-state index contributed by atoms with van der Waals surface area (Å²) in [5.41, 5.74) is 1.16. The van der Waals surface area contributed by atoms with E-state index in [2.05, 4.69) is 22.8 Å². The minimum atomic E-state index is -0.0455. The molecule has 5 heteroatoms. The number of para-hydroxylation sites is 1. The summed E-state index contributed by atoms with van der Waals surface area (Å²) in [7, 11) is 0. The van der Waals surface area contributed by atoms with E-state index >= 15 is 0 Å². The average molecular weight is 344 g/mol. The van der Waals surface area contributed by atoms with Crippen LogP contribution in [0.4, 0.5) is 0 Å². The Morgan fingerprint density at radius 1 is 1.20 bits per heavy atom. The Kier molecular flexibility index (Phi) is 4.95. The van der Waals surface area contributed by atoms with E-state index in [9.17, 15) is 4.79 Å². The smallest absolute Gasteiger partial charge is 0.229 e. The van der Waals surface area contributed by atoms with Gasteiger partial charge < -0.3 is 14.4 Å². The molecule has 3 atom stereocenters. The highest BCUT2D eigenvalue weighted by molar-refractivity contribution is 5.80. The van der Waals surface area contributed by atoms with Crippen molar-refractivity contribution in [3.8, 4) is 5.75 Å². The van der Waals surface area contributed by atoms with Gasteiger partial charge in [0.25, 0.3) is 0 Å². The van der Waals surface area contributed by atoms with Crippen molar-refractivity contribution in [3.05, 3.63) is 29.8 Å². The third kappa shape index (κ3) is 3.40. The standard InChI is InChI=1S/C20H28N2O3/c1-2-15-12-22(13-18(15)21-7-9-24-10-8-21)20(23)17-11-16-5-3-4-6-19(16)25-14-17/h3-6,15,17-18H,2,7-14H2,1H3/t15-,17-,18-/m1/s1. The van der Waals surface area contributed by atoms with Crippen molar-refractivity contribution >= 4 is 5.91 Å². The molecule has 0 spiro atoms. The minimum Gasteiger partial charge on any atom is -0.492 e. The van der Waals surface area contributed by atoms with Gasteiger partial charge in [0.1, 0.15) is 12.4 Å². The highest BCUT2D eigenvalue weighted by Gasteiger charge is 2.40. The van der Waals surface area contributed by atoms with Crippen molar-refractivity contribution in [2.75, 3.05) is 46.0 Å². The van der Waals surface area contributed by atoms with Gasteiger partial charge in [-0.1, -0.05) is 31.5 Å². The van der Waals surface area contributed by atoms with Gasteiger partial charge in [0.2, 0.25) is 5.91 Å². The molecule has 1 aromatic carbocycles. The zero-order valence-electron chi connectivity index (χ0n) is 15.0. The molecule has 25 heavy (non-hydrogen) atoms. The molecule has 0 bridgehead atoms. The van der Waals surface area contributed by atoms with Gasteiger partial charge in [-0.3, -0.25) is 9.69 Å². The molecule has 0 aliphatic carbocycles. The second-order valence-electron chi connectivity index (χ2n) is 7.45. The van der Waals surface area contributed by atoms with E-state index in [4.69, 9.17) is 9.47 Å². The van der Waals surface area contributed by atoms with Crippen molar-refractivity contribution in [2.24, 2.45) is 11.8 Å². The van der Waals surface area contributed by atoms with Crippen LogP contribution < -0.4 is 4.74 Å². The zero-order chi connectivity index (χ0) is 17.2. The maximum absolute atomic E-state index is 13.1. The van der Waals surface area contributed by atoms with Gasteiger partial charge in [-0.15, -0.1) is 0 Å². The number of rotatable bonds is 3. The third-order valence-electron chi connectivity index (χ3n) is 5.99. The summed E-state index contributed by atoms with van der Waals surface area (Å²) in [4.78, 5) is 17.7. The largest absolute Gasteiger partial charge is 0.492 e. The van der Waals surface area contributed by atoms with Crippen LogP contribution in [0.3, 0.4) is 0 Å².